The summed E-state index contributed by atoms with van der Waals surface area (Å²) in [6, 6.07) is 17.1. The van der Waals surface area contributed by atoms with Gasteiger partial charge in [-0.05, 0) is 43.7 Å². The van der Waals surface area contributed by atoms with E-state index in [-0.39, 0.29) is 11.6 Å². The molecule has 1 amide bonds. The lowest BCUT2D eigenvalue weighted by Crippen LogP contribution is -2.22. The molecule has 0 aliphatic heterocycles. The van der Waals surface area contributed by atoms with Gasteiger partial charge in [-0.15, -0.1) is 0 Å². The van der Waals surface area contributed by atoms with E-state index < -0.39 is 0 Å². The zero-order valence-electron chi connectivity index (χ0n) is 14.3. The van der Waals surface area contributed by atoms with Crippen molar-refractivity contribution in [1.82, 2.24) is 10.5 Å². The van der Waals surface area contributed by atoms with Gasteiger partial charge in [0.05, 0.1) is 6.61 Å². The first-order valence-corrected chi connectivity index (χ1v) is 8.19. The third-order valence-electron chi connectivity index (χ3n) is 3.77. The van der Waals surface area contributed by atoms with Gasteiger partial charge in [-0.1, -0.05) is 35.0 Å². The Hall–Kier alpha value is -3.08. The van der Waals surface area contributed by atoms with E-state index in [1.807, 2.05) is 62.4 Å². The molecule has 0 radical (unpaired) electrons. The number of carbonyl (C=O) groups excluding carboxylic acids is 1. The monoisotopic (exact) mass is 336 g/mol. The number of amides is 1. The lowest BCUT2D eigenvalue weighted by molar-refractivity contribution is 0.0942. The van der Waals surface area contributed by atoms with E-state index in [9.17, 15) is 4.79 Å². The van der Waals surface area contributed by atoms with Gasteiger partial charge in [0.25, 0.3) is 5.91 Å². The van der Waals surface area contributed by atoms with Gasteiger partial charge in [0.15, 0.2) is 11.5 Å². The minimum absolute atomic E-state index is 0.260. The van der Waals surface area contributed by atoms with Gasteiger partial charge in [0.2, 0.25) is 0 Å². The molecule has 2 aromatic carbocycles. The standard InChI is InChI=1S/C20H20N2O3/c1-3-24-17-10-8-16(9-11-17)19-12-18(22-25-19)20(23)21-13-15-6-4-14(2)5-7-15/h4-12H,3,13H2,1-2H3,(H,21,23). The Kier molecular flexibility index (Phi) is 5.14. The average molecular weight is 336 g/mol. The summed E-state index contributed by atoms with van der Waals surface area (Å²) in [7, 11) is 0. The number of benzene rings is 2. The van der Waals surface area contributed by atoms with Crippen LogP contribution in [0.3, 0.4) is 0 Å². The molecule has 128 valence electrons. The van der Waals surface area contributed by atoms with E-state index in [0.29, 0.717) is 18.9 Å². The van der Waals surface area contributed by atoms with Crippen LogP contribution in [0.4, 0.5) is 0 Å². The molecule has 0 aliphatic rings. The first-order valence-electron chi connectivity index (χ1n) is 8.19. The topological polar surface area (TPSA) is 64.4 Å². The van der Waals surface area contributed by atoms with Crippen molar-refractivity contribution in [2.24, 2.45) is 0 Å². The average Bonchev–Trinajstić information content (AvgIpc) is 3.12. The van der Waals surface area contributed by atoms with Crippen LogP contribution in [0.1, 0.15) is 28.5 Å². The number of aromatic nitrogens is 1. The summed E-state index contributed by atoms with van der Waals surface area (Å²) >= 11 is 0. The van der Waals surface area contributed by atoms with E-state index >= 15 is 0 Å². The maximum Gasteiger partial charge on any atom is 0.273 e. The summed E-state index contributed by atoms with van der Waals surface area (Å²) in [6.45, 7) is 5.03. The predicted molar refractivity (Wildman–Crippen MR) is 95.5 cm³/mol. The number of carbonyl (C=O) groups is 1. The second-order valence-electron chi connectivity index (χ2n) is 5.70. The molecular weight excluding hydrogens is 316 g/mol. The molecule has 5 nitrogen and oxygen atoms in total. The number of hydrogen-bond donors (Lipinski definition) is 1. The fourth-order valence-electron chi connectivity index (χ4n) is 2.38. The molecule has 0 atom stereocenters. The minimum atomic E-state index is -0.262. The smallest absolute Gasteiger partial charge is 0.273 e. The van der Waals surface area contributed by atoms with Crippen LogP contribution in [0.25, 0.3) is 11.3 Å². The molecule has 3 aromatic rings. The summed E-state index contributed by atoms with van der Waals surface area (Å²) in [5.74, 6) is 1.08. The maximum atomic E-state index is 12.2. The molecule has 0 unspecified atom stereocenters. The third kappa shape index (κ3) is 4.26. The Labute approximate surface area is 146 Å². The fraction of sp³-hybridized carbons (Fsp3) is 0.200. The Balaban J connectivity index is 1.63. The normalized spacial score (nSPS) is 10.5. The molecule has 3 rings (SSSR count). The number of nitrogens with zero attached hydrogens (tertiary/aromatic N) is 1. The molecular formula is C20H20N2O3. The second kappa shape index (κ2) is 7.66. The van der Waals surface area contributed by atoms with Crippen LogP contribution in [0.2, 0.25) is 0 Å². The van der Waals surface area contributed by atoms with Crippen LogP contribution in [-0.4, -0.2) is 17.7 Å². The van der Waals surface area contributed by atoms with Gasteiger partial charge in [-0.3, -0.25) is 4.79 Å². The van der Waals surface area contributed by atoms with Gasteiger partial charge in [-0.25, -0.2) is 0 Å². The molecule has 1 N–H and O–H groups in total. The van der Waals surface area contributed by atoms with Crippen molar-refractivity contribution < 1.29 is 14.1 Å². The number of hydrogen-bond acceptors (Lipinski definition) is 4. The summed E-state index contributed by atoms with van der Waals surface area (Å²) < 4.78 is 10.7. The number of aryl methyl sites for hydroxylation is 1. The van der Waals surface area contributed by atoms with Crippen molar-refractivity contribution >= 4 is 5.91 Å². The third-order valence-corrected chi connectivity index (χ3v) is 3.77. The van der Waals surface area contributed by atoms with E-state index in [4.69, 9.17) is 9.26 Å². The van der Waals surface area contributed by atoms with Crippen LogP contribution < -0.4 is 10.1 Å². The molecule has 1 aromatic heterocycles. The molecule has 0 fully saturated rings. The van der Waals surface area contributed by atoms with Crippen LogP contribution >= 0.6 is 0 Å². The molecule has 0 saturated heterocycles. The summed E-state index contributed by atoms with van der Waals surface area (Å²) in [5.41, 5.74) is 3.32. The van der Waals surface area contributed by atoms with Gasteiger partial charge in [0, 0.05) is 18.2 Å². The molecule has 0 bridgehead atoms. The van der Waals surface area contributed by atoms with Crippen molar-refractivity contribution in [3.8, 4) is 17.1 Å². The lowest BCUT2D eigenvalue weighted by atomic mass is 10.1. The van der Waals surface area contributed by atoms with Crippen LogP contribution in [0, 0.1) is 6.92 Å². The summed E-state index contributed by atoms with van der Waals surface area (Å²) in [5, 5.41) is 6.70. The van der Waals surface area contributed by atoms with Crippen molar-refractivity contribution in [1.29, 1.82) is 0 Å². The van der Waals surface area contributed by atoms with Gasteiger partial charge in [0.1, 0.15) is 5.75 Å². The van der Waals surface area contributed by atoms with Crippen LogP contribution in [0.5, 0.6) is 5.75 Å². The second-order valence-corrected chi connectivity index (χ2v) is 5.70. The lowest BCUT2D eigenvalue weighted by Gasteiger charge is -2.03. The zero-order valence-corrected chi connectivity index (χ0v) is 14.3. The Morgan fingerprint density at radius 3 is 2.52 bits per heavy atom. The van der Waals surface area contributed by atoms with Gasteiger partial charge < -0.3 is 14.6 Å². The van der Waals surface area contributed by atoms with Crippen molar-refractivity contribution in [3.05, 3.63) is 71.4 Å². The highest BCUT2D eigenvalue weighted by atomic mass is 16.5. The highest BCUT2D eigenvalue weighted by Crippen LogP contribution is 2.23. The summed E-state index contributed by atoms with van der Waals surface area (Å²) in [4.78, 5) is 12.2. The van der Waals surface area contributed by atoms with Gasteiger partial charge >= 0.3 is 0 Å². The number of ether oxygens (including phenoxy) is 1. The molecule has 0 saturated carbocycles. The largest absolute Gasteiger partial charge is 0.494 e. The maximum absolute atomic E-state index is 12.2. The highest BCUT2D eigenvalue weighted by Gasteiger charge is 2.13. The van der Waals surface area contributed by atoms with E-state index in [1.54, 1.807) is 6.07 Å². The first kappa shape index (κ1) is 16.8. The van der Waals surface area contributed by atoms with Crippen molar-refractivity contribution in [2.45, 2.75) is 20.4 Å². The number of nitrogens with one attached hydrogen (secondary N) is 1. The van der Waals surface area contributed by atoms with E-state index in [0.717, 1.165) is 16.9 Å². The minimum Gasteiger partial charge on any atom is -0.494 e. The quantitative estimate of drug-likeness (QED) is 0.739. The van der Waals surface area contributed by atoms with Crippen LogP contribution in [-0.2, 0) is 6.54 Å². The van der Waals surface area contributed by atoms with Crippen molar-refractivity contribution in [3.63, 3.8) is 0 Å². The van der Waals surface area contributed by atoms with Crippen LogP contribution in [0.15, 0.2) is 59.1 Å². The zero-order chi connectivity index (χ0) is 17.6. The molecule has 5 heteroatoms. The fourth-order valence-corrected chi connectivity index (χ4v) is 2.38. The molecule has 0 spiro atoms. The Morgan fingerprint density at radius 2 is 1.84 bits per heavy atom. The Morgan fingerprint density at radius 1 is 1.12 bits per heavy atom. The van der Waals surface area contributed by atoms with E-state index in [2.05, 4.69) is 10.5 Å². The Bertz CT molecular complexity index is 836. The first-order chi connectivity index (χ1) is 12.2. The predicted octanol–water partition coefficient (Wildman–Crippen LogP) is 3.98. The summed E-state index contributed by atoms with van der Waals surface area (Å²) in [6.07, 6.45) is 0. The van der Waals surface area contributed by atoms with Gasteiger partial charge in [-0.2, -0.15) is 0 Å². The highest BCUT2D eigenvalue weighted by molar-refractivity contribution is 5.93. The molecule has 0 aliphatic carbocycles. The number of rotatable bonds is 6. The van der Waals surface area contributed by atoms with E-state index in [1.165, 1.54) is 5.56 Å². The SMILES string of the molecule is CCOc1ccc(-c2cc(C(=O)NCc3ccc(C)cc3)no2)cc1. The molecule has 25 heavy (non-hydrogen) atoms. The van der Waals surface area contributed by atoms with Crippen molar-refractivity contribution in [2.75, 3.05) is 6.61 Å². The molecule has 1 heterocycles.